The molecule has 100 valence electrons. The summed E-state index contributed by atoms with van der Waals surface area (Å²) in [6, 6.07) is 3.38. The maximum Gasteiger partial charge on any atom is 0.253 e. The number of rotatable bonds is 3. The molecule has 0 aliphatic rings. The Labute approximate surface area is 115 Å². The molecule has 5 nitrogen and oxygen atoms in total. The number of nitrogens with one attached hydrogen (secondary N) is 2. The van der Waals surface area contributed by atoms with E-state index in [1.165, 1.54) is 0 Å². The van der Waals surface area contributed by atoms with E-state index in [0.717, 1.165) is 0 Å². The van der Waals surface area contributed by atoms with Gasteiger partial charge in [0, 0.05) is 11.7 Å². The highest BCUT2D eigenvalue weighted by molar-refractivity contribution is 6.32. The van der Waals surface area contributed by atoms with Gasteiger partial charge in [-0.05, 0) is 32.9 Å². The number of aromatic nitrogens is 1. The Kier molecular flexibility index (Phi) is 3.32. The summed E-state index contributed by atoms with van der Waals surface area (Å²) in [5.74, 6) is 0. The van der Waals surface area contributed by atoms with Crippen LogP contribution in [0.25, 0.3) is 0 Å². The third-order valence-electron chi connectivity index (χ3n) is 2.43. The van der Waals surface area contributed by atoms with E-state index in [0.29, 0.717) is 5.69 Å². The van der Waals surface area contributed by atoms with Crippen molar-refractivity contribution in [2.24, 2.45) is 0 Å². The molecule has 2 rings (SSSR count). The molecule has 0 unspecified atom stereocenters. The fourth-order valence-corrected chi connectivity index (χ4v) is 1.79. The number of hydrogen-bond acceptors (Lipinski definition) is 5. The fraction of sp³-hybridized carbons (Fsp3) is 0.308. The first kappa shape index (κ1) is 13.5. The van der Waals surface area contributed by atoms with Crippen LogP contribution in [0.4, 0.5) is 17.1 Å². The van der Waals surface area contributed by atoms with Crippen molar-refractivity contribution in [2.75, 3.05) is 10.6 Å². The van der Waals surface area contributed by atoms with Gasteiger partial charge in [-0.25, -0.2) is 4.98 Å². The van der Waals surface area contributed by atoms with Crippen LogP contribution in [-0.4, -0.2) is 10.5 Å². The number of pyridine rings is 1. The van der Waals surface area contributed by atoms with E-state index in [-0.39, 0.29) is 22.1 Å². The highest BCUT2D eigenvalue weighted by Crippen LogP contribution is 2.26. The molecule has 1 aromatic heterocycles. The third kappa shape index (κ3) is 2.76. The zero-order chi connectivity index (χ0) is 14.2. The Bertz CT molecular complexity index is 682. The Morgan fingerprint density at radius 2 is 1.79 bits per heavy atom. The van der Waals surface area contributed by atoms with Crippen molar-refractivity contribution in [1.29, 1.82) is 0 Å². The van der Waals surface area contributed by atoms with Crippen LogP contribution in [0.15, 0.2) is 27.9 Å². The van der Waals surface area contributed by atoms with Gasteiger partial charge in [0.25, 0.3) is 10.9 Å². The predicted octanol–water partition coefficient (Wildman–Crippen LogP) is 2.29. The molecule has 0 saturated carbocycles. The standard InChI is InChI=1S/C13H14ClN3O2/c1-13(2,3)17-9-8(10(18)11(9)19)16-7-5-4-6-15-12(7)14/h4-6,16-17H,1-3H3. The van der Waals surface area contributed by atoms with Crippen molar-refractivity contribution in [3.63, 3.8) is 0 Å². The maximum absolute atomic E-state index is 11.6. The first-order valence-corrected chi connectivity index (χ1v) is 6.16. The lowest BCUT2D eigenvalue weighted by Crippen LogP contribution is -2.41. The minimum Gasteiger partial charge on any atom is -0.375 e. The highest BCUT2D eigenvalue weighted by atomic mass is 35.5. The minimum absolute atomic E-state index is 0.231. The molecule has 2 N–H and O–H groups in total. The predicted molar refractivity (Wildman–Crippen MR) is 77.3 cm³/mol. The molecule has 0 amide bonds. The van der Waals surface area contributed by atoms with Gasteiger partial charge in [-0.1, -0.05) is 11.6 Å². The van der Waals surface area contributed by atoms with Crippen LogP contribution in [0, 0.1) is 0 Å². The second-order valence-corrected chi connectivity index (χ2v) is 5.61. The molecule has 0 fully saturated rings. The van der Waals surface area contributed by atoms with E-state index in [1.54, 1.807) is 18.3 Å². The van der Waals surface area contributed by atoms with Gasteiger partial charge in [0.15, 0.2) is 5.15 Å². The molecule has 0 bridgehead atoms. The van der Waals surface area contributed by atoms with Crippen molar-refractivity contribution < 1.29 is 0 Å². The largest absolute Gasteiger partial charge is 0.375 e. The van der Waals surface area contributed by atoms with Gasteiger partial charge in [0.1, 0.15) is 11.4 Å². The van der Waals surface area contributed by atoms with Crippen molar-refractivity contribution in [3.8, 4) is 0 Å². The van der Waals surface area contributed by atoms with Crippen LogP contribution >= 0.6 is 11.6 Å². The van der Waals surface area contributed by atoms with Gasteiger partial charge in [0.2, 0.25) is 0 Å². The minimum atomic E-state index is -0.549. The molecule has 0 aliphatic heterocycles. The molecule has 0 atom stereocenters. The summed E-state index contributed by atoms with van der Waals surface area (Å²) in [6.45, 7) is 5.72. The summed E-state index contributed by atoms with van der Waals surface area (Å²) in [7, 11) is 0. The molecular formula is C13H14ClN3O2. The Morgan fingerprint density at radius 3 is 2.37 bits per heavy atom. The number of nitrogens with zero attached hydrogens (tertiary/aromatic N) is 1. The van der Waals surface area contributed by atoms with Gasteiger partial charge in [-0.3, -0.25) is 9.59 Å². The smallest absolute Gasteiger partial charge is 0.253 e. The first-order valence-electron chi connectivity index (χ1n) is 5.78. The molecule has 1 heterocycles. The van der Waals surface area contributed by atoms with E-state index < -0.39 is 10.9 Å². The van der Waals surface area contributed by atoms with Gasteiger partial charge in [0.05, 0.1) is 5.69 Å². The van der Waals surface area contributed by atoms with Crippen LogP contribution < -0.4 is 21.5 Å². The summed E-state index contributed by atoms with van der Waals surface area (Å²) < 4.78 is 0. The maximum atomic E-state index is 11.6. The average Bonchev–Trinajstić information content (AvgIpc) is 2.34. The monoisotopic (exact) mass is 279 g/mol. The number of halogens is 1. The normalized spacial score (nSPS) is 11.6. The van der Waals surface area contributed by atoms with E-state index in [1.807, 2.05) is 20.8 Å². The first-order chi connectivity index (χ1) is 8.79. The third-order valence-corrected chi connectivity index (χ3v) is 2.73. The Hall–Kier alpha value is -1.88. The molecule has 1 aromatic carbocycles. The van der Waals surface area contributed by atoms with Gasteiger partial charge < -0.3 is 10.6 Å². The molecular weight excluding hydrogens is 266 g/mol. The highest BCUT2D eigenvalue weighted by Gasteiger charge is 2.25. The molecule has 6 heteroatoms. The molecule has 2 aromatic rings. The lowest BCUT2D eigenvalue weighted by atomic mass is 10.1. The SMILES string of the molecule is CC(C)(C)Nc1c(Nc2cccnc2Cl)c(=O)c1=O. The van der Waals surface area contributed by atoms with Crippen molar-refractivity contribution in [1.82, 2.24) is 4.98 Å². The molecule has 0 aliphatic carbocycles. The second-order valence-electron chi connectivity index (χ2n) is 5.25. The quantitative estimate of drug-likeness (QED) is 0.666. The van der Waals surface area contributed by atoms with Gasteiger partial charge in [-0.2, -0.15) is 0 Å². The summed E-state index contributed by atoms with van der Waals surface area (Å²) in [5, 5.41) is 6.11. The van der Waals surface area contributed by atoms with Crippen molar-refractivity contribution >= 4 is 28.7 Å². The van der Waals surface area contributed by atoms with E-state index >= 15 is 0 Å². The van der Waals surface area contributed by atoms with Crippen LogP contribution in [0.1, 0.15) is 20.8 Å². The Morgan fingerprint density at radius 1 is 1.16 bits per heavy atom. The molecule has 0 spiro atoms. The summed E-state index contributed by atoms with van der Waals surface area (Å²) >= 11 is 5.90. The number of anilines is 3. The molecule has 0 saturated heterocycles. The van der Waals surface area contributed by atoms with E-state index in [2.05, 4.69) is 15.6 Å². The van der Waals surface area contributed by atoms with Gasteiger partial charge >= 0.3 is 0 Å². The van der Waals surface area contributed by atoms with Crippen LogP contribution in [0.2, 0.25) is 5.15 Å². The van der Waals surface area contributed by atoms with Gasteiger partial charge in [-0.15, -0.1) is 0 Å². The van der Waals surface area contributed by atoms with E-state index in [4.69, 9.17) is 11.6 Å². The summed E-state index contributed by atoms with van der Waals surface area (Å²) in [5.41, 5.74) is -0.359. The van der Waals surface area contributed by atoms with Crippen LogP contribution in [0.3, 0.4) is 0 Å². The molecule has 19 heavy (non-hydrogen) atoms. The van der Waals surface area contributed by atoms with Crippen molar-refractivity contribution in [2.45, 2.75) is 26.3 Å². The lowest BCUT2D eigenvalue weighted by Gasteiger charge is -2.24. The zero-order valence-corrected chi connectivity index (χ0v) is 11.6. The summed E-state index contributed by atoms with van der Waals surface area (Å²) in [6.07, 6.45) is 1.55. The topological polar surface area (TPSA) is 71.1 Å². The number of hydrogen-bond donors (Lipinski definition) is 2. The van der Waals surface area contributed by atoms with E-state index in [9.17, 15) is 9.59 Å². The van der Waals surface area contributed by atoms with Crippen LogP contribution in [0.5, 0.6) is 0 Å². The molecule has 0 radical (unpaired) electrons. The fourth-order valence-electron chi connectivity index (χ4n) is 1.62. The van der Waals surface area contributed by atoms with Crippen LogP contribution in [-0.2, 0) is 0 Å². The summed E-state index contributed by atoms with van der Waals surface area (Å²) in [4.78, 5) is 27.1. The average molecular weight is 280 g/mol. The zero-order valence-electron chi connectivity index (χ0n) is 10.9. The second kappa shape index (κ2) is 4.66. The Balaban J connectivity index is 2.32. The lowest BCUT2D eigenvalue weighted by molar-refractivity contribution is 0.632. The van der Waals surface area contributed by atoms with Crippen molar-refractivity contribution in [3.05, 3.63) is 43.9 Å².